The molecule has 2 aliphatic rings. The molecule has 9 nitrogen and oxygen atoms in total. The van der Waals surface area contributed by atoms with E-state index in [1.165, 1.54) is 0 Å². The van der Waals surface area contributed by atoms with E-state index in [0.29, 0.717) is 50.6 Å². The van der Waals surface area contributed by atoms with Crippen molar-refractivity contribution in [3.8, 4) is 11.8 Å². The van der Waals surface area contributed by atoms with Gasteiger partial charge in [-0.2, -0.15) is 5.26 Å². The van der Waals surface area contributed by atoms with Crippen LogP contribution in [0.4, 0.5) is 9.18 Å². The van der Waals surface area contributed by atoms with Crippen LogP contribution in [-0.2, 0) is 9.47 Å². The average molecular weight is 479 g/mol. The summed E-state index contributed by atoms with van der Waals surface area (Å²) in [6, 6.07) is 8.83. The van der Waals surface area contributed by atoms with Gasteiger partial charge < -0.3 is 24.6 Å². The fourth-order valence-electron chi connectivity index (χ4n) is 4.16. The molecule has 2 N–H and O–H groups in total. The van der Waals surface area contributed by atoms with E-state index in [2.05, 4.69) is 21.2 Å². The van der Waals surface area contributed by atoms with Crippen molar-refractivity contribution in [2.75, 3.05) is 45.9 Å². The molecule has 0 aliphatic carbocycles. The summed E-state index contributed by atoms with van der Waals surface area (Å²) in [6.45, 7) is 9.17. The molecule has 2 saturated heterocycles. The number of aliphatic hydroxyl groups is 1. The van der Waals surface area contributed by atoms with Crippen molar-refractivity contribution in [2.45, 2.75) is 57.4 Å². The minimum Gasteiger partial charge on any atom is -0.491 e. The van der Waals surface area contributed by atoms with Crippen LogP contribution >= 0.6 is 0 Å². The minimum absolute atomic E-state index is 0.0256. The summed E-state index contributed by atoms with van der Waals surface area (Å²) in [4.78, 5) is 16.0. The van der Waals surface area contributed by atoms with E-state index >= 15 is 0 Å². The van der Waals surface area contributed by atoms with Gasteiger partial charge in [0.2, 0.25) is 6.36 Å². The van der Waals surface area contributed by atoms with Crippen molar-refractivity contribution in [3.05, 3.63) is 29.8 Å². The van der Waals surface area contributed by atoms with E-state index in [4.69, 9.17) is 19.5 Å². The number of alkyl halides is 1. The Morgan fingerprint density at radius 3 is 2.44 bits per heavy atom. The number of halogens is 1. The molecule has 0 spiro atoms. The third kappa shape index (κ3) is 8.72. The Balaban J connectivity index is 1.35. The molecule has 1 aromatic carbocycles. The second-order valence-electron chi connectivity index (χ2n) is 9.94. The van der Waals surface area contributed by atoms with Crippen LogP contribution in [0.1, 0.15) is 32.8 Å². The number of aliphatic hydroxyl groups excluding tert-OH is 1. The lowest BCUT2D eigenvalue weighted by atomic mass is 10.1. The Hall–Kier alpha value is -2.45. The van der Waals surface area contributed by atoms with Gasteiger partial charge in [-0.15, -0.1) is 0 Å². The number of morpholine rings is 2. The van der Waals surface area contributed by atoms with Gasteiger partial charge in [-0.05, 0) is 45.0 Å². The van der Waals surface area contributed by atoms with E-state index in [1.807, 2.05) is 0 Å². The van der Waals surface area contributed by atoms with E-state index in [9.17, 15) is 14.3 Å². The number of nitriles is 1. The first-order chi connectivity index (χ1) is 16.1. The van der Waals surface area contributed by atoms with Gasteiger partial charge in [0.05, 0.1) is 23.8 Å². The lowest BCUT2D eigenvalue weighted by molar-refractivity contribution is -0.145. The van der Waals surface area contributed by atoms with Crippen LogP contribution in [0, 0.1) is 11.3 Å². The zero-order chi connectivity index (χ0) is 24.7. The predicted molar refractivity (Wildman–Crippen MR) is 123 cm³/mol. The maximum absolute atomic E-state index is 14.1. The van der Waals surface area contributed by atoms with E-state index in [1.54, 1.807) is 45.0 Å². The summed E-state index contributed by atoms with van der Waals surface area (Å²) < 4.78 is 30.6. The largest absolute Gasteiger partial charge is 0.491 e. The molecule has 4 atom stereocenters. The Bertz CT molecular complexity index is 827. The third-order valence-corrected chi connectivity index (χ3v) is 5.51. The number of rotatable bonds is 9. The fraction of sp³-hybridized carbons (Fsp3) is 0.667. The standard InChI is InChI=1S/C24H35FN4O5/c1-24(2,3)27-23(31)34-22(25)8-9-28-12-20-14-29(15-21(13-28)33-20)11-18(30)16-32-19-6-4-17(10-26)5-7-19/h4-7,18,20-22,30H,8-9,11-16H2,1-3H3,(H,27,31)/t18-,20+,21+,22-/m0/s1. The number of β-amino-alcohol motifs (C(OH)–C–C–N with tert-alkyl or cyclic N) is 1. The number of nitrogens with zero attached hydrogens (tertiary/aromatic N) is 3. The lowest BCUT2D eigenvalue weighted by Gasteiger charge is -2.46. The van der Waals surface area contributed by atoms with Crippen LogP contribution in [0.15, 0.2) is 24.3 Å². The number of carbonyl (C=O) groups is 1. The molecule has 0 saturated carbocycles. The van der Waals surface area contributed by atoms with Gasteiger partial charge in [0.25, 0.3) is 0 Å². The summed E-state index contributed by atoms with van der Waals surface area (Å²) >= 11 is 0. The molecule has 188 valence electrons. The molecule has 0 radical (unpaired) electrons. The monoisotopic (exact) mass is 478 g/mol. The third-order valence-electron chi connectivity index (χ3n) is 5.51. The van der Waals surface area contributed by atoms with Crippen LogP contribution in [-0.4, -0.2) is 97.1 Å². The van der Waals surface area contributed by atoms with Gasteiger partial charge in [0.15, 0.2) is 0 Å². The van der Waals surface area contributed by atoms with E-state index < -0.39 is 24.1 Å². The molecule has 34 heavy (non-hydrogen) atoms. The van der Waals surface area contributed by atoms with Crippen LogP contribution in [0.25, 0.3) is 0 Å². The molecular formula is C24H35FN4O5. The molecule has 2 fully saturated rings. The molecule has 0 aromatic heterocycles. The first-order valence-electron chi connectivity index (χ1n) is 11.6. The van der Waals surface area contributed by atoms with Crippen molar-refractivity contribution in [1.29, 1.82) is 5.26 Å². The summed E-state index contributed by atoms with van der Waals surface area (Å²) in [6.07, 6.45) is -3.02. The quantitative estimate of drug-likeness (QED) is 0.554. The number of hydrogen-bond acceptors (Lipinski definition) is 8. The lowest BCUT2D eigenvalue weighted by Crippen LogP contribution is -2.60. The minimum atomic E-state index is -1.66. The second-order valence-corrected chi connectivity index (χ2v) is 9.94. The van der Waals surface area contributed by atoms with Gasteiger partial charge in [-0.1, -0.05) is 0 Å². The maximum atomic E-state index is 14.1. The summed E-state index contributed by atoms with van der Waals surface area (Å²) in [5, 5.41) is 21.8. The van der Waals surface area contributed by atoms with Crippen molar-refractivity contribution in [2.24, 2.45) is 0 Å². The molecule has 10 heteroatoms. The number of benzene rings is 1. The number of hydrogen-bond donors (Lipinski definition) is 2. The Labute approximate surface area is 200 Å². The molecule has 2 aliphatic heterocycles. The first-order valence-corrected chi connectivity index (χ1v) is 11.6. The number of amides is 1. The number of ether oxygens (including phenoxy) is 3. The van der Waals surface area contributed by atoms with Crippen molar-refractivity contribution in [3.63, 3.8) is 0 Å². The van der Waals surface area contributed by atoms with E-state index in [0.717, 1.165) is 0 Å². The predicted octanol–water partition coefficient (Wildman–Crippen LogP) is 1.89. The SMILES string of the molecule is CC(C)(C)NC(=O)O[C@H](F)CCN1C[C@@H]2CN(C[C@H](O)COc3ccc(C#N)cc3)C[C@@H](C1)O2. The topological polar surface area (TPSA) is 107 Å². The summed E-state index contributed by atoms with van der Waals surface area (Å²) in [5.74, 6) is 0.610. The first kappa shape index (κ1) is 26.2. The average Bonchev–Trinajstić information content (AvgIpc) is 2.74. The normalized spacial score (nSPS) is 22.9. The van der Waals surface area contributed by atoms with Crippen molar-refractivity contribution >= 4 is 6.09 Å². The Morgan fingerprint density at radius 2 is 1.85 bits per heavy atom. The van der Waals surface area contributed by atoms with Crippen LogP contribution in [0.3, 0.4) is 0 Å². The van der Waals surface area contributed by atoms with Crippen LogP contribution in [0.5, 0.6) is 5.75 Å². The van der Waals surface area contributed by atoms with Gasteiger partial charge in [-0.3, -0.25) is 9.80 Å². The molecular weight excluding hydrogens is 443 g/mol. The van der Waals surface area contributed by atoms with Gasteiger partial charge in [0.1, 0.15) is 18.5 Å². The number of nitrogens with one attached hydrogen (secondary N) is 1. The van der Waals surface area contributed by atoms with Crippen LogP contribution < -0.4 is 10.1 Å². The molecule has 2 heterocycles. The number of alkyl carbamates (subject to hydrolysis) is 1. The number of carbonyl (C=O) groups excluding carboxylic acids is 1. The van der Waals surface area contributed by atoms with Gasteiger partial charge in [0, 0.05) is 51.2 Å². The second kappa shape index (κ2) is 11.8. The molecule has 0 unspecified atom stereocenters. The summed E-state index contributed by atoms with van der Waals surface area (Å²) in [5.41, 5.74) is 0.0793. The molecule has 2 bridgehead atoms. The van der Waals surface area contributed by atoms with Gasteiger partial charge in [-0.25, -0.2) is 9.18 Å². The Kier molecular flexibility index (Phi) is 9.08. The van der Waals surface area contributed by atoms with E-state index in [-0.39, 0.29) is 25.2 Å². The highest BCUT2D eigenvalue weighted by atomic mass is 19.1. The fourth-order valence-corrected chi connectivity index (χ4v) is 4.16. The molecule has 3 rings (SSSR count). The highest BCUT2D eigenvalue weighted by molar-refractivity contribution is 5.68. The summed E-state index contributed by atoms with van der Waals surface area (Å²) in [7, 11) is 0. The highest BCUT2D eigenvalue weighted by Gasteiger charge is 2.35. The number of fused-ring (bicyclic) bond motifs is 2. The maximum Gasteiger partial charge on any atom is 0.410 e. The van der Waals surface area contributed by atoms with Crippen LogP contribution in [0.2, 0.25) is 0 Å². The zero-order valence-electron chi connectivity index (χ0n) is 20.1. The zero-order valence-corrected chi connectivity index (χ0v) is 20.1. The highest BCUT2D eigenvalue weighted by Crippen LogP contribution is 2.20. The molecule has 1 amide bonds. The smallest absolute Gasteiger partial charge is 0.410 e. The molecule has 1 aromatic rings. The van der Waals surface area contributed by atoms with Crippen molar-refractivity contribution < 1.29 is 28.5 Å². The van der Waals surface area contributed by atoms with Crippen molar-refractivity contribution in [1.82, 2.24) is 15.1 Å². The van der Waals surface area contributed by atoms with Gasteiger partial charge >= 0.3 is 6.09 Å². The Morgan fingerprint density at radius 1 is 1.24 bits per heavy atom.